The van der Waals surface area contributed by atoms with Gasteiger partial charge in [-0.15, -0.1) is 0 Å². The fraction of sp³-hybridized carbons (Fsp3) is 0.375. The minimum absolute atomic E-state index is 0.0768. The third kappa shape index (κ3) is 3.86. The Hall–Kier alpha value is -1.87. The molecule has 0 spiro atoms. The highest BCUT2D eigenvalue weighted by atomic mass is 35.5. The molecule has 1 aliphatic heterocycles. The molecule has 114 valence electrons. The summed E-state index contributed by atoms with van der Waals surface area (Å²) in [6, 6.07) is 10.3. The van der Waals surface area contributed by atoms with Gasteiger partial charge in [0.25, 0.3) is 0 Å². The van der Waals surface area contributed by atoms with Crippen molar-refractivity contribution in [2.45, 2.75) is 25.1 Å². The molecule has 0 aliphatic carbocycles. The van der Waals surface area contributed by atoms with Gasteiger partial charge in [0.1, 0.15) is 6.07 Å². The molecule has 1 fully saturated rings. The molecule has 1 saturated heterocycles. The van der Waals surface area contributed by atoms with Gasteiger partial charge in [-0.1, -0.05) is 23.7 Å². The van der Waals surface area contributed by atoms with E-state index < -0.39 is 0 Å². The van der Waals surface area contributed by atoms with Crippen molar-refractivity contribution in [3.8, 4) is 6.07 Å². The zero-order valence-corrected chi connectivity index (χ0v) is 12.8. The Morgan fingerprint density at radius 2 is 2.23 bits per heavy atom. The summed E-state index contributed by atoms with van der Waals surface area (Å²) >= 11 is 5.89. The van der Waals surface area contributed by atoms with E-state index in [1.54, 1.807) is 17.1 Å². The van der Waals surface area contributed by atoms with Crippen LogP contribution in [0.15, 0.2) is 36.7 Å². The predicted molar refractivity (Wildman–Crippen MR) is 83.6 cm³/mol. The molecule has 0 bridgehead atoms. The number of halogens is 1. The van der Waals surface area contributed by atoms with Gasteiger partial charge >= 0.3 is 0 Å². The first-order chi connectivity index (χ1) is 10.7. The number of nitrogens with one attached hydrogen (secondary N) is 1. The summed E-state index contributed by atoms with van der Waals surface area (Å²) in [5.74, 6) is 0. The highest BCUT2D eigenvalue weighted by molar-refractivity contribution is 6.30. The van der Waals surface area contributed by atoms with Crippen molar-refractivity contribution >= 4 is 11.6 Å². The van der Waals surface area contributed by atoms with Crippen LogP contribution in [0, 0.1) is 11.3 Å². The average Bonchev–Trinajstić information content (AvgIpc) is 2.99. The molecule has 22 heavy (non-hydrogen) atoms. The molecule has 1 aliphatic rings. The van der Waals surface area contributed by atoms with Crippen molar-refractivity contribution in [2.24, 2.45) is 0 Å². The first kappa shape index (κ1) is 15.0. The number of hydrogen-bond acceptors (Lipinski definition) is 4. The molecular formula is C16H17ClN4O. The van der Waals surface area contributed by atoms with E-state index in [1.165, 1.54) is 5.56 Å². The molecule has 2 atom stereocenters. The van der Waals surface area contributed by atoms with Crippen molar-refractivity contribution in [1.82, 2.24) is 15.1 Å². The van der Waals surface area contributed by atoms with Crippen LogP contribution < -0.4 is 5.32 Å². The maximum atomic E-state index is 8.79. The Balaban J connectivity index is 1.48. The molecule has 6 heteroatoms. The molecule has 1 aromatic carbocycles. The van der Waals surface area contributed by atoms with E-state index in [0.717, 1.165) is 18.0 Å². The second-order valence-corrected chi connectivity index (χ2v) is 5.89. The molecule has 1 aromatic heterocycles. The first-order valence-corrected chi connectivity index (χ1v) is 7.63. The van der Waals surface area contributed by atoms with Crippen molar-refractivity contribution in [2.75, 3.05) is 13.2 Å². The summed E-state index contributed by atoms with van der Waals surface area (Å²) in [6.07, 6.45) is 4.31. The maximum absolute atomic E-state index is 8.79. The molecule has 2 aromatic rings. The Morgan fingerprint density at radius 1 is 1.41 bits per heavy atom. The van der Waals surface area contributed by atoms with Crippen LogP contribution in [-0.2, 0) is 17.7 Å². The van der Waals surface area contributed by atoms with Gasteiger partial charge in [0, 0.05) is 23.8 Å². The Kier molecular flexibility index (Phi) is 4.74. The van der Waals surface area contributed by atoms with Gasteiger partial charge in [-0.05, 0) is 24.1 Å². The summed E-state index contributed by atoms with van der Waals surface area (Å²) in [7, 11) is 0. The van der Waals surface area contributed by atoms with Gasteiger partial charge in [0.2, 0.25) is 0 Å². The monoisotopic (exact) mass is 316 g/mol. The third-order valence-corrected chi connectivity index (χ3v) is 3.97. The molecule has 3 rings (SSSR count). The smallest absolute Gasteiger partial charge is 0.102 e. The fourth-order valence-electron chi connectivity index (χ4n) is 2.55. The van der Waals surface area contributed by atoms with E-state index in [-0.39, 0.29) is 6.10 Å². The lowest BCUT2D eigenvalue weighted by Crippen LogP contribution is -2.48. The van der Waals surface area contributed by atoms with Crippen molar-refractivity contribution < 1.29 is 4.74 Å². The highest BCUT2D eigenvalue weighted by Crippen LogP contribution is 2.13. The lowest BCUT2D eigenvalue weighted by Gasteiger charge is -2.30. The second-order valence-electron chi connectivity index (χ2n) is 5.45. The van der Waals surface area contributed by atoms with Crippen molar-refractivity contribution in [1.29, 1.82) is 5.26 Å². The highest BCUT2D eigenvalue weighted by Gasteiger charge is 2.21. The van der Waals surface area contributed by atoms with E-state index >= 15 is 0 Å². The Labute approximate surface area is 134 Å². The number of aromatic nitrogens is 2. The van der Waals surface area contributed by atoms with Gasteiger partial charge in [0.05, 0.1) is 31.0 Å². The van der Waals surface area contributed by atoms with Crippen LogP contribution in [0.25, 0.3) is 0 Å². The Bertz CT molecular complexity index is 654. The van der Waals surface area contributed by atoms with Crippen LogP contribution in [0.1, 0.15) is 11.1 Å². The molecule has 5 nitrogen and oxygen atoms in total. The molecule has 2 heterocycles. The number of benzene rings is 1. The van der Waals surface area contributed by atoms with Gasteiger partial charge in [-0.3, -0.25) is 4.68 Å². The zero-order chi connectivity index (χ0) is 15.4. The number of rotatable bonds is 4. The third-order valence-electron chi connectivity index (χ3n) is 3.72. The topological polar surface area (TPSA) is 62.9 Å². The van der Waals surface area contributed by atoms with Crippen molar-refractivity contribution in [3.05, 3.63) is 52.8 Å². The standard InChI is InChI=1S/C16H17ClN4O/c17-14-3-1-12(2-4-14)5-15-11-22-16(8-19-15)10-21-9-13(6-18)7-20-21/h1-4,7,9,15-16,19H,5,8,10-11H2/t15-,16+/m0/s1. The van der Waals surface area contributed by atoms with Crippen LogP contribution in [0.4, 0.5) is 0 Å². The number of hydrogen-bond donors (Lipinski definition) is 1. The average molecular weight is 317 g/mol. The SMILES string of the molecule is N#Cc1cnn(C[C@H]2CN[C@@H](Cc3ccc(Cl)cc3)CO2)c1. The zero-order valence-electron chi connectivity index (χ0n) is 12.1. The van der Waals surface area contributed by atoms with Crippen LogP contribution in [0.2, 0.25) is 5.02 Å². The second kappa shape index (κ2) is 6.93. The number of morpholine rings is 1. The molecular weight excluding hydrogens is 300 g/mol. The van der Waals surface area contributed by atoms with Gasteiger partial charge in [0.15, 0.2) is 0 Å². The summed E-state index contributed by atoms with van der Waals surface area (Å²) in [5, 5.41) is 17.2. The molecule has 0 saturated carbocycles. The number of nitrogens with zero attached hydrogens (tertiary/aromatic N) is 3. The molecule has 1 N–H and O–H groups in total. The molecule has 0 radical (unpaired) electrons. The van der Waals surface area contributed by atoms with E-state index in [9.17, 15) is 0 Å². The summed E-state index contributed by atoms with van der Waals surface area (Å²) in [5.41, 5.74) is 1.82. The van der Waals surface area contributed by atoms with E-state index in [4.69, 9.17) is 21.6 Å². The minimum atomic E-state index is 0.0768. The minimum Gasteiger partial charge on any atom is -0.373 e. The molecule has 0 amide bonds. The lowest BCUT2D eigenvalue weighted by atomic mass is 10.1. The van der Waals surface area contributed by atoms with Crippen molar-refractivity contribution in [3.63, 3.8) is 0 Å². The lowest BCUT2D eigenvalue weighted by molar-refractivity contribution is -0.00646. The predicted octanol–water partition coefficient (Wildman–Crippen LogP) is 2.01. The van der Waals surface area contributed by atoms with Crippen LogP contribution in [-0.4, -0.2) is 35.1 Å². The van der Waals surface area contributed by atoms with E-state index in [2.05, 4.69) is 16.5 Å². The quantitative estimate of drug-likeness (QED) is 0.937. The summed E-state index contributed by atoms with van der Waals surface area (Å²) < 4.78 is 7.66. The summed E-state index contributed by atoms with van der Waals surface area (Å²) in [4.78, 5) is 0. The van der Waals surface area contributed by atoms with Gasteiger partial charge in [-0.25, -0.2) is 0 Å². The van der Waals surface area contributed by atoms with E-state index in [1.807, 2.05) is 24.3 Å². The fourth-order valence-corrected chi connectivity index (χ4v) is 2.68. The normalized spacial score (nSPS) is 21.5. The Morgan fingerprint density at radius 3 is 2.86 bits per heavy atom. The number of ether oxygens (including phenoxy) is 1. The van der Waals surface area contributed by atoms with Gasteiger partial charge in [-0.2, -0.15) is 10.4 Å². The number of nitriles is 1. The van der Waals surface area contributed by atoms with Crippen LogP contribution in [0.3, 0.4) is 0 Å². The molecule has 0 unspecified atom stereocenters. The van der Waals surface area contributed by atoms with Crippen LogP contribution in [0.5, 0.6) is 0 Å². The van der Waals surface area contributed by atoms with E-state index in [0.29, 0.717) is 24.8 Å². The van der Waals surface area contributed by atoms with Gasteiger partial charge < -0.3 is 10.1 Å². The summed E-state index contributed by atoms with van der Waals surface area (Å²) in [6.45, 7) is 2.10. The largest absolute Gasteiger partial charge is 0.373 e. The van der Waals surface area contributed by atoms with Crippen LogP contribution >= 0.6 is 11.6 Å². The maximum Gasteiger partial charge on any atom is 0.102 e. The first-order valence-electron chi connectivity index (χ1n) is 7.25.